The highest BCUT2D eigenvalue weighted by Gasteiger charge is 2.33. The zero-order chi connectivity index (χ0) is 98.2. The molecule has 4 saturated carbocycles. The van der Waals surface area contributed by atoms with Gasteiger partial charge >= 0.3 is 0 Å². The Bertz CT molecular complexity index is 6440. The zero-order valence-electron chi connectivity index (χ0n) is 83.5. The summed E-state index contributed by atoms with van der Waals surface area (Å²) >= 11 is 0. The Kier molecular flexibility index (Phi) is 33.6. The molecule has 13 aromatic rings. The van der Waals surface area contributed by atoms with Crippen molar-refractivity contribution in [2.45, 2.75) is 277 Å². The first-order chi connectivity index (χ1) is 64.7. The van der Waals surface area contributed by atoms with Gasteiger partial charge in [0, 0.05) is 85.5 Å². The fraction of sp³-hybridized carbons (Fsp3) is 0.481. The maximum Gasteiger partial charge on any atom is 0.229 e. The number of anilines is 6. The topological polar surface area (TPSA) is 348 Å². The Balaban J connectivity index is 0.000000147. The number of aromatic nitrogens is 12. The van der Waals surface area contributed by atoms with Crippen molar-refractivity contribution in [3.63, 3.8) is 0 Å². The van der Waals surface area contributed by atoms with Gasteiger partial charge < -0.3 is 32.3 Å². The van der Waals surface area contributed by atoms with Gasteiger partial charge in [-0.05, 0) is 223 Å². The minimum atomic E-state index is -0.0701. The summed E-state index contributed by atoms with van der Waals surface area (Å²) in [5.41, 5.74) is 13.2. The van der Waals surface area contributed by atoms with Gasteiger partial charge in [0.2, 0.25) is 71.1 Å². The normalized spacial score (nSPS) is 14.5. The lowest BCUT2D eigenvalue weighted by molar-refractivity contribution is -0.121. The Morgan fingerprint density at radius 3 is 1.09 bits per heavy atom. The van der Waals surface area contributed by atoms with Crippen LogP contribution in [0.3, 0.4) is 0 Å². The van der Waals surface area contributed by atoms with Crippen LogP contribution in [0, 0.1) is 68.5 Å². The van der Waals surface area contributed by atoms with E-state index in [0.29, 0.717) is 90.6 Å². The summed E-state index contributed by atoms with van der Waals surface area (Å²) in [6.45, 7) is 38.8. The number of nitrogens with one attached hydrogen (secondary N) is 6. The van der Waals surface area contributed by atoms with Crippen molar-refractivity contribution >= 4 is 137 Å². The molecular weight excluding hydrogens is 1710 g/mol. The second-order valence-electron chi connectivity index (χ2n) is 41.5. The molecule has 0 aliphatic heterocycles. The Labute approximate surface area is 800 Å². The van der Waals surface area contributed by atoms with Crippen LogP contribution in [-0.2, 0) is 28.8 Å². The highest BCUT2D eigenvalue weighted by Crippen LogP contribution is 2.42. The monoisotopic (exact) mass is 1850 g/mol. The van der Waals surface area contributed by atoms with Crippen LogP contribution in [0.5, 0.6) is 11.5 Å². The number of carbonyl (C=O) groups is 6. The molecule has 136 heavy (non-hydrogen) atoms. The number of nitrogens with zero attached hydrogens (tertiary/aromatic N) is 14. The number of imidazole rings is 6. The molecule has 0 saturated heterocycles. The standard InChI is InChI=1S/C19H27N3O2.C19H21N3O.2C18H22N4O.C17H25N3O2.C17H23N3O/c1-13(2)22-17-12-15(24-3)9-10-16(17)20-19(22)21-18(23)11-8-14-6-4-5-7-14;1-19(2,3)13-17(23)21-18-20-15-11-7-8-12-16(15)22(18)14-9-5-4-6-10-14;1-18(2,3)10-16(23)21-17-20-14-8-7-12(11-19)9-15(14)22(17)13-5-4-6-13;1-11(2)12(3)17(23)21-18-20-15-8-7-13(10-19)9-16(15)22(18)14-5-4-6-14;1-10(2)12(5)16(21)19-17-18-14-8-7-13(22-6)9-15(14)20(17)11(3)4;1-17(2,3)11-15(21)19-16-18-13-9-4-5-10-14(13)20(16)12-7-6-8-12/h9-10,12-14H,4-8,11H2,1-3H3,(H,20,21,23);4-12H,13H2,1-3H3,(H,20,21,23);7-9,13H,4-6,10H2,1-3H3,(H,20,21,23);7-9,11-12,14H,4-6H2,1-3H3,(H,20,21,23);7-12H,1-6H3,(H,18,19,21);4-5,9-10,12H,6-8,11H2,1-3H3,(H,18,19,21)/t;;;2*12-;/m...00./s1. The molecule has 720 valence electrons. The molecule has 4 aliphatic rings. The second-order valence-corrected chi connectivity index (χ2v) is 41.5. The zero-order valence-corrected chi connectivity index (χ0v) is 83.5. The molecule has 0 spiro atoms. The first-order valence-corrected chi connectivity index (χ1v) is 48.5. The maximum atomic E-state index is 12.4. The molecule has 6 N–H and O–H groups in total. The van der Waals surface area contributed by atoms with Crippen molar-refractivity contribution in [1.82, 2.24) is 57.3 Å². The third-order valence-corrected chi connectivity index (χ3v) is 25.6. The van der Waals surface area contributed by atoms with Crippen LogP contribution < -0.4 is 41.4 Å². The number of methoxy groups -OCH3 is 2. The molecule has 4 aliphatic carbocycles. The van der Waals surface area contributed by atoms with Gasteiger partial charge in [0.25, 0.3) is 0 Å². The van der Waals surface area contributed by atoms with Gasteiger partial charge in [-0.2, -0.15) is 10.5 Å². The van der Waals surface area contributed by atoms with Crippen LogP contribution in [0.4, 0.5) is 35.7 Å². The number of nitriles is 2. The van der Waals surface area contributed by atoms with Crippen molar-refractivity contribution < 1.29 is 38.2 Å². The first kappa shape index (κ1) is 102. The molecule has 6 heterocycles. The summed E-state index contributed by atoms with van der Waals surface area (Å²) in [5.74, 6) is 6.50. The number of ether oxygens (including phenoxy) is 2. The third-order valence-electron chi connectivity index (χ3n) is 25.6. The molecule has 6 amide bonds. The Hall–Kier alpha value is -13.2. The largest absolute Gasteiger partial charge is 0.497 e. The minimum Gasteiger partial charge on any atom is -0.497 e. The van der Waals surface area contributed by atoms with E-state index in [1.807, 2.05) is 226 Å². The van der Waals surface area contributed by atoms with Crippen molar-refractivity contribution in [3.05, 3.63) is 163 Å². The van der Waals surface area contributed by atoms with Crippen molar-refractivity contribution in [1.29, 1.82) is 10.5 Å². The molecule has 6 aromatic heterocycles. The summed E-state index contributed by atoms with van der Waals surface area (Å²) in [6, 6.07) is 54.3. The molecule has 28 heteroatoms. The number of hydrogen-bond donors (Lipinski definition) is 6. The molecule has 0 radical (unpaired) electrons. The van der Waals surface area contributed by atoms with Gasteiger partial charge in [0.1, 0.15) is 11.5 Å². The Morgan fingerprint density at radius 2 is 0.699 bits per heavy atom. The van der Waals surface area contributed by atoms with Crippen LogP contribution >= 0.6 is 0 Å². The fourth-order valence-corrected chi connectivity index (χ4v) is 17.1. The lowest BCUT2D eigenvalue weighted by Gasteiger charge is -2.29. The minimum absolute atomic E-state index is 0.000767. The van der Waals surface area contributed by atoms with Gasteiger partial charge in [0.15, 0.2) is 0 Å². The van der Waals surface area contributed by atoms with Crippen LogP contribution in [0.2, 0.25) is 0 Å². The van der Waals surface area contributed by atoms with E-state index in [4.69, 9.17) is 20.0 Å². The number of carbonyl (C=O) groups excluding carboxylic acids is 6. The molecule has 17 rings (SSSR count). The summed E-state index contributed by atoms with van der Waals surface area (Å²) in [6.07, 6.45) is 18.5. The van der Waals surface area contributed by atoms with Crippen molar-refractivity contribution in [2.24, 2.45) is 45.8 Å². The van der Waals surface area contributed by atoms with E-state index in [1.165, 1.54) is 57.8 Å². The average Bonchev–Trinajstić information content (AvgIpc) is 1.62. The number of fused-ring (bicyclic) bond motifs is 6. The Morgan fingerprint density at radius 1 is 0.368 bits per heavy atom. The van der Waals surface area contributed by atoms with E-state index >= 15 is 0 Å². The molecular formula is C108H140N20O8. The number of rotatable bonds is 24. The summed E-state index contributed by atoms with van der Waals surface area (Å²) in [5, 5.41) is 36.2. The van der Waals surface area contributed by atoms with Crippen molar-refractivity contribution in [3.8, 4) is 29.3 Å². The highest BCUT2D eigenvalue weighted by atomic mass is 16.5. The van der Waals surface area contributed by atoms with Gasteiger partial charge in [-0.3, -0.25) is 65.2 Å². The third kappa shape index (κ3) is 26.1. The van der Waals surface area contributed by atoms with Crippen molar-refractivity contribution in [2.75, 3.05) is 46.1 Å². The molecule has 4 fully saturated rings. The van der Waals surface area contributed by atoms with Crippen LogP contribution in [0.1, 0.15) is 288 Å². The van der Waals surface area contributed by atoms with Crippen LogP contribution in [0.25, 0.3) is 71.9 Å². The van der Waals surface area contributed by atoms with E-state index in [0.717, 1.165) is 121 Å². The second kappa shape index (κ2) is 44.9. The number of hydrogen-bond acceptors (Lipinski definition) is 16. The fourth-order valence-electron chi connectivity index (χ4n) is 17.1. The lowest BCUT2D eigenvalue weighted by atomic mass is 9.92. The summed E-state index contributed by atoms with van der Waals surface area (Å²) in [4.78, 5) is 102. The molecule has 2 atom stereocenters. The SMILES string of the molecule is CC(C)(C)CC(=O)Nc1nc2ccc(C#N)cc2n1C1CCC1.CC(C)(C)CC(=O)Nc1nc2ccccc2n1-c1ccccc1.CC(C)(C)CC(=O)Nc1nc2ccccc2n1C1CCC1.CC(C)[C@H](C)C(=O)Nc1nc2ccc(C#N)cc2n1C1CCC1.COc1ccc2nc(NC(=O)CCC3CCCC3)n(C(C)C)c2c1.COc1ccc2nc(NC(=O)[C@@H](C)C(C)C)n(C(C)C)c2c1. The molecule has 0 unspecified atom stereocenters. The molecule has 28 nitrogen and oxygen atoms in total. The van der Waals surface area contributed by atoms with E-state index in [-0.39, 0.29) is 87.4 Å². The molecule has 0 bridgehead atoms. The first-order valence-electron chi connectivity index (χ1n) is 48.5. The van der Waals surface area contributed by atoms with Crippen LogP contribution in [-0.4, -0.2) is 107 Å². The van der Waals surface area contributed by atoms with Gasteiger partial charge in [-0.15, -0.1) is 0 Å². The van der Waals surface area contributed by atoms with Crippen LogP contribution in [0.15, 0.2) is 152 Å². The number of amides is 6. The lowest BCUT2D eigenvalue weighted by Crippen LogP contribution is -2.27. The maximum absolute atomic E-state index is 12.4. The van der Waals surface area contributed by atoms with E-state index < -0.39 is 0 Å². The summed E-state index contributed by atoms with van der Waals surface area (Å²) in [7, 11) is 3.30. The van der Waals surface area contributed by atoms with Gasteiger partial charge in [-0.1, -0.05) is 172 Å². The molecule has 7 aromatic carbocycles. The summed E-state index contributed by atoms with van der Waals surface area (Å²) < 4.78 is 23.1. The average molecular weight is 1850 g/mol. The number of para-hydroxylation sites is 5. The predicted molar refractivity (Wildman–Crippen MR) is 545 cm³/mol. The highest BCUT2D eigenvalue weighted by molar-refractivity contribution is 5.97. The van der Waals surface area contributed by atoms with E-state index in [2.05, 4.69) is 147 Å². The van der Waals surface area contributed by atoms with E-state index in [9.17, 15) is 28.8 Å². The van der Waals surface area contributed by atoms with E-state index in [1.54, 1.807) is 26.4 Å². The quantitative estimate of drug-likeness (QED) is 0.0327. The van der Waals surface area contributed by atoms with Gasteiger partial charge in [0.05, 0.1) is 104 Å². The predicted octanol–water partition coefficient (Wildman–Crippen LogP) is 24.8. The smallest absolute Gasteiger partial charge is 0.229 e. The number of benzene rings is 7. The van der Waals surface area contributed by atoms with Gasteiger partial charge in [-0.25, -0.2) is 29.9 Å².